The highest BCUT2D eigenvalue weighted by Gasteiger charge is 2.25. The average Bonchev–Trinajstić information content (AvgIpc) is 2.93. The second-order valence-electron chi connectivity index (χ2n) is 4.87. The van der Waals surface area contributed by atoms with Crippen LogP contribution in [0.1, 0.15) is 39.0 Å². The van der Waals surface area contributed by atoms with Gasteiger partial charge in [-0.1, -0.05) is 12.8 Å². The maximum absolute atomic E-state index is 11.2. The molecule has 0 radical (unpaired) electrons. The van der Waals surface area contributed by atoms with E-state index in [2.05, 4.69) is 12.2 Å². The molecule has 0 spiro atoms. The van der Waals surface area contributed by atoms with Crippen LogP contribution in [0.15, 0.2) is 0 Å². The minimum absolute atomic E-state index is 0.514. The summed E-state index contributed by atoms with van der Waals surface area (Å²) in [6.45, 7) is 2.30. The SMILES string of the molecule is CC(CC1CC1)NC1CCS(=O)CC1. The van der Waals surface area contributed by atoms with Gasteiger partial charge in [0.25, 0.3) is 0 Å². The molecule has 14 heavy (non-hydrogen) atoms. The lowest BCUT2D eigenvalue weighted by Crippen LogP contribution is -2.41. The quantitative estimate of drug-likeness (QED) is 0.773. The summed E-state index contributed by atoms with van der Waals surface area (Å²) >= 11 is 0. The fraction of sp³-hybridized carbons (Fsp3) is 1.00. The normalized spacial score (nSPS) is 35.5. The van der Waals surface area contributed by atoms with E-state index >= 15 is 0 Å². The lowest BCUT2D eigenvalue weighted by atomic mass is 10.1. The van der Waals surface area contributed by atoms with Crippen LogP contribution in [0.5, 0.6) is 0 Å². The van der Waals surface area contributed by atoms with Crippen LogP contribution in [0.25, 0.3) is 0 Å². The lowest BCUT2D eigenvalue weighted by Gasteiger charge is -2.26. The van der Waals surface area contributed by atoms with Gasteiger partial charge >= 0.3 is 0 Å². The van der Waals surface area contributed by atoms with Crippen molar-refractivity contribution in [1.29, 1.82) is 0 Å². The second-order valence-corrected chi connectivity index (χ2v) is 6.57. The Morgan fingerprint density at radius 2 is 1.93 bits per heavy atom. The van der Waals surface area contributed by atoms with Crippen molar-refractivity contribution < 1.29 is 4.21 Å². The number of hydrogen-bond acceptors (Lipinski definition) is 2. The molecule has 0 aromatic rings. The van der Waals surface area contributed by atoms with Crippen molar-refractivity contribution in [3.8, 4) is 0 Å². The standard InChI is InChI=1S/C11H21NOS/c1-9(8-10-2-3-10)12-11-4-6-14(13)7-5-11/h9-12H,2-8H2,1H3. The molecule has 1 aliphatic carbocycles. The van der Waals surface area contributed by atoms with Crippen LogP contribution in [-0.2, 0) is 10.8 Å². The Labute approximate surface area is 89.3 Å². The largest absolute Gasteiger partial charge is 0.311 e. The summed E-state index contributed by atoms with van der Waals surface area (Å²) in [5.41, 5.74) is 0. The van der Waals surface area contributed by atoms with E-state index in [1.807, 2.05) is 0 Å². The first-order valence-electron chi connectivity index (χ1n) is 5.85. The van der Waals surface area contributed by atoms with Gasteiger partial charge in [-0.2, -0.15) is 0 Å². The average molecular weight is 215 g/mol. The zero-order valence-electron chi connectivity index (χ0n) is 9.00. The zero-order valence-corrected chi connectivity index (χ0v) is 9.81. The number of rotatable bonds is 4. The van der Waals surface area contributed by atoms with Gasteiger partial charge in [-0.3, -0.25) is 4.21 Å². The van der Waals surface area contributed by atoms with Gasteiger partial charge in [0.2, 0.25) is 0 Å². The summed E-state index contributed by atoms with van der Waals surface area (Å²) in [6.07, 6.45) is 6.46. The predicted octanol–water partition coefficient (Wildman–Crippen LogP) is 1.68. The molecular weight excluding hydrogens is 194 g/mol. The minimum Gasteiger partial charge on any atom is -0.311 e. The Balaban J connectivity index is 1.65. The lowest BCUT2D eigenvalue weighted by molar-refractivity contribution is 0.393. The summed E-state index contributed by atoms with van der Waals surface area (Å²) in [5.74, 6) is 2.83. The monoisotopic (exact) mass is 215 g/mol. The van der Waals surface area contributed by atoms with Crippen LogP contribution in [0.4, 0.5) is 0 Å². The van der Waals surface area contributed by atoms with Crippen molar-refractivity contribution in [3.63, 3.8) is 0 Å². The molecule has 1 heterocycles. The molecule has 0 amide bonds. The Bertz CT molecular complexity index is 205. The van der Waals surface area contributed by atoms with Gasteiger partial charge in [-0.05, 0) is 32.1 Å². The first kappa shape index (κ1) is 10.6. The van der Waals surface area contributed by atoms with Gasteiger partial charge in [0.1, 0.15) is 0 Å². The van der Waals surface area contributed by atoms with Crippen LogP contribution in [0.2, 0.25) is 0 Å². The Hall–Kier alpha value is 0.110. The summed E-state index contributed by atoms with van der Waals surface area (Å²) < 4.78 is 11.2. The van der Waals surface area contributed by atoms with Gasteiger partial charge in [0.15, 0.2) is 0 Å². The Morgan fingerprint density at radius 3 is 2.50 bits per heavy atom. The fourth-order valence-corrected chi connectivity index (χ4v) is 3.58. The molecule has 0 bridgehead atoms. The van der Waals surface area contributed by atoms with Crippen LogP contribution in [-0.4, -0.2) is 27.8 Å². The maximum Gasteiger partial charge on any atom is 0.0249 e. The van der Waals surface area contributed by atoms with Crippen molar-refractivity contribution in [1.82, 2.24) is 5.32 Å². The van der Waals surface area contributed by atoms with Gasteiger partial charge in [0.05, 0.1) is 0 Å². The molecular formula is C11H21NOS. The molecule has 1 unspecified atom stereocenters. The summed E-state index contributed by atoms with van der Waals surface area (Å²) in [6, 6.07) is 1.31. The highest BCUT2D eigenvalue weighted by Crippen LogP contribution is 2.33. The third kappa shape index (κ3) is 3.35. The predicted molar refractivity (Wildman–Crippen MR) is 60.8 cm³/mol. The van der Waals surface area contributed by atoms with Crippen molar-refractivity contribution in [2.24, 2.45) is 5.92 Å². The van der Waals surface area contributed by atoms with E-state index in [1.165, 1.54) is 19.3 Å². The third-order valence-electron chi connectivity index (χ3n) is 3.29. The van der Waals surface area contributed by atoms with Gasteiger partial charge in [0, 0.05) is 34.4 Å². The zero-order chi connectivity index (χ0) is 9.97. The second kappa shape index (κ2) is 4.75. The molecule has 0 aromatic heterocycles. The minimum atomic E-state index is -0.514. The Morgan fingerprint density at radius 1 is 1.29 bits per heavy atom. The molecule has 1 aliphatic heterocycles. The molecule has 2 aliphatic rings. The third-order valence-corrected chi connectivity index (χ3v) is 4.67. The van der Waals surface area contributed by atoms with Gasteiger partial charge in [-0.25, -0.2) is 0 Å². The molecule has 1 N–H and O–H groups in total. The molecule has 1 saturated carbocycles. The van der Waals surface area contributed by atoms with E-state index in [0.29, 0.717) is 12.1 Å². The van der Waals surface area contributed by atoms with E-state index in [1.54, 1.807) is 0 Å². The molecule has 82 valence electrons. The van der Waals surface area contributed by atoms with E-state index in [9.17, 15) is 4.21 Å². The summed E-state index contributed by atoms with van der Waals surface area (Å²) in [5, 5.41) is 3.68. The molecule has 1 saturated heterocycles. The van der Waals surface area contributed by atoms with E-state index in [4.69, 9.17) is 0 Å². The number of hydrogen-bond donors (Lipinski definition) is 1. The van der Waals surface area contributed by atoms with E-state index in [-0.39, 0.29) is 0 Å². The van der Waals surface area contributed by atoms with Crippen LogP contribution < -0.4 is 5.32 Å². The highest BCUT2D eigenvalue weighted by atomic mass is 32.2. The van der Waals surface area contributed by atoms with Crippen LogP contribution in [0, 0.1) is 5.92 Å². The van der Waals surface area contributed by atoms with Crippen molar-refractivity contribution >= 4 is 10.8 Å². The van der Waals surface area contributed by atoms with Crippen molar-refractivity contribution in [2.45, 2.75) is 51.1 Å². The summed E-state index contributed by atoms with van der Waals surface area (Å²) in [7, 11) is -0.514. The molecule has 2 fully saturated rings. The fourth-order valence-electron chi connectivity index (χ4n) is 2.28. The summed E-state index contributed by atoms with van der Waals surface area (Å²) in [4.78, 5) is 0. The van der Waals surface area contributed by atoms with Crippen LogP contribution in [0.3, 0.4) is 0 Å². The molecule has 1 atom stereocenters. The smallest absolute Gasteiger partial charge is 0.0249 e. The van der Waals surface area contributed by atoms with Crippen molar-refractivity contribution in [2.75, 3.05) is 11.5 Å². The first-order chi connectivity index (χ1) is 6.74. The molecule has 2 nitrogen and oxygen atoms in total. The molecule has 2 rings (SSSR count). The molecule has 3 heteroatoms. The van der Waals surface area contributed by atoms with Gasteiger partial charge in [-0.15, -0.1) is 0 Å². The topological polar surface area (TPSA) is 29.1 Å². The van der Waals surface area contributed by atoms with Crippen molar-refractivity contribution in [3.05, 3.63) is 0 Å². The number of nitrogens with one attached hydrogen (secondary N) is 1. The van der Waals surface area contributed by atoms with Gasteiger partial charge < -0.3 is 5.32 Å². The molecule has 0 aromatic carbocycles. The first-order valence-corrected chi connectivity index (χ1v) is 7.34. The highest BCUT2D eigenvalue weighted by molar-refractivity contribution is 7.85. The van der Waals surface area contributed by atoms with E-state index < -0.39 is 10.8 Å². The van der Waals surface area contributed by atoms with Crippen LogP contribution >= 0.6 is 0 Å². The maximum atomic E-state index is 11.2. The van der Waals surface area contributed by atoms with E-state index in [0.717, 1.165) is 30.3 Å². The Kier molecular flexibility index (Phi) is 3.61.